The number of fused-ring (bicyclic) bond motifs is 8. The molecule has 2 spiro atoms. The van der Waals surface area contributed by atoms with Gasteiger partial charge in [-0.1, -0.05) is 51.8 Å². The Labute approximate surface area is 445 Å². The maximum Gasteiger partial charge on any atom is 0.324 e. The molecule has 1 aliphatic carbocycles. The van der Waals surface area contributed by atoms with E-state index in [2.05, 4.69) is 34.8 Å². The fourth-order valence-electron chi connectivity index (χ4n) is 13.2. The van der Waals surface area contributed by atoms with Crippen LogP contribution in [0.1, 0.15) is 109 Å². The Morgan fingerprint density at radius 1 is 1.01 bits per heavy atom. The van der Waals surface area contributed by atoms with E-state index < -0.39 is 64.2 Å². The number of aliphatic hydroxyl groups is 1. The summed E-state index contributed by atoms with van der Waals surface area (Å²) in [4.78, 5) is 85.4. The molecular formula is C59H73FN8O8. The summed E-state index contributed by atoms with van der Waals surface area (Å²) in [7, 11) is 5.26. The number of nitrogens with one attached hydrogen (secondary N) is 1. The van der Waals surface area contributed by atoms with E-state index in [0.717, 1.165) is 27.7 Å². The summed E-state index contributed by atoms with van der Waals surface area (Å²) in [5, 5.41) is 15.2. The molecule has 5 aliphatic heterocycles. The molecule has 4 fully saturated rings. The number of methoxy groups -OCH3 is 1. The lowest BCUT2D eigenvalue weighted by molar-refractivity contribution is -0.236. The van der Waals surface area contributed by atoms with Crippen molar-refractivity contribution in [3.8, 4) is 34.2 Å². The largest absolute Gasteiger partial charge is 0.464 e. The first kappa shape index (κ1) is 53.2. The fourth-order valence-corrected chi connectivity index (χ4v) is 13.2. The smallest absolute Gasteiger partial charge is 0.324 e. The minimum absolute atomic E-state index is 0.0297. The predicted octanol–water partition coefficient (Wildman–Crippen LogP) is 6.16. The molecule has 76 heavy (non-hydrogen) atoms. The number of esters is 1. The minimum Gasteiger partial charge on any atom is -0.464 e. The highest BCUT2D eigenvalue weighted by molar-refractivity contribution is 6.00. The number of hydrogen-bond acceptors (Lipinski definition) is 11. The van der Waals surface area contributed by atoms with Gasteiger partial charge in [0.2, 0.25) is 17.6 Å². The predicted molar refractivity (Wildman–Crippen MR) is 284 cm³/mol. The number of likely N-dealkylation sites (tertiary alicyclic amines) is 3. The number of rotatable bonds is 7. The number of benzene rings is 2. The first-order valence-corrected chi connectivity index (χ1v) is 27.0. The molecule has 10 rings (SSSR count). The van der Waals surface area contributed by atoms with Crippen molar-refractivity contribution in [2.45, 2.75) is 135 Å². The molecule has 2 N–H and O–H groups in total. The van der Waals surface area contributed by atoms with Crippen molar-refractivity contribution in [2.75, 3.05) is 60.5 Å². The Bertz CT molecular complexity index is 3100. The van der Waals surface area contributed by atoms with Crippen LogP contribution in [0.5, 0.6) is 0 Å². The maximum atomic E-state index is 15.6. The maximum absolute atomic E-state index is 15.6. The molecule has 4 saturated heterocycles. The number of hydrazine groups is 1. The molecule has 4 amide bonds. The van der Waals surface area contributed by atoms with Gasteiger partial charge in [0.15, 0.2) is 0 Å². The van der Waals surface area contributed by atoms with Crippen LogP contribution >= 0.6 is 0 Å². The van der Waals surface area contributed by atoms with Crippen LogP contribution in [0.3, 0.4) is 0 Å². The van der Waals surface area contributed by atoms with Gasteiger partial charge in [0, 0.05) is 80.9 Å². The SMILES string of the molecule is CCn1c2c3c4cc(ccc41)-c1cc(CF)cc(c1)CC1(CCN1C(=O)[C@H](C(C)C)N1CC[C@]4(CCN(C(=O)C#CC(C)(C)N(C)C)C4)C1=O)C(=O)N1CCC[C@H](N1)C(=O)OCC(C)(C)C3[C@](O)(OC)c1ncccc1-2. The normalized spacial score (nSPS) is 26.7. The third-order valence-electron chi connectivity index (χ3n) is 17.9. The number of aromatic nitrogens is 2. The molecule has 6 aliphatic rings. The summed E-state index contributed by atoms with van der Waals surface area (Å²) in [5.41, 5.74) is 5.50. The molecule has 6 atom stereocenters. The Balaban J connectivity index is 1.05. The first-order valence-electron chi connectivity index (χ1n) is 27.0. The summed E-state index contributed by atoms with van der Waals surface area (Å²) in [6, 6.07) is 13.5. The van der Waals surface area contributed by atoms with Crippen molar-refractivity contribution in [1.29, 1.82) is 0 Å². The molecule has 16 nitrogen and oxygen atoms in total. The Morgan fingerprint density at radius 3 is 2.46 bits per heavy atom. The molecule has 2 unspecified atom stereocenters. The number of aryl methyl sites for hydroxylation is 1. The number of carbonyl (C=O) groups is 5. The van der Waals surface area contributed by atoms with Crippen molar-refractivity contribution < 1.29 is 42.9 Å². The van der Waals surface area contributed by atoms with Crippen LogP contribution < -0.4 is 5.43 Å². The van der Waals surface area contributed by atoms with E-state index in [-0.39, 0.29) is 62.7 Å². The van der Waals surface area contributed by atoms with Crippen LogP contribution in [0, 0.1) is 28.6 Å². The van der Waals surface area contributed by atoms with Crippen molar-refractivity contribution in [3.05, 3.63) is 77.1 Å². The second-order valence-electron chi connectivity index (χ2n) is 23.9. The lowest BCUT2D eigenvalue weighted by Gasteiger charge is -2.55. The molecule has 7 heterocycles. The molecule has 2 aromatic carbocycles. The number of nitrogens with zero attached hydrogens (tertiary/aromatic N) is 7. The topological polar surface area (TPSA) is 170 Å². The highest BCUT2D eigenvalue weighted by Crippen LogP contribution is 2.59. The average Bonchev–Trinajstić information content (AvgIpc) is 4.08. The van der Waals surface area contributed by atoms with Crippen LogP contribution in [0.2, 0.25) is 0 Å². The second-order valence-corrected chi connectivity index (χ2v) is 23.9. The Kier molecular flexibility index (Phi) is 13.6. The summed E-state index contributed by atoms with van der Waals surface area (Å²) in [5.74, 6) is 0.910. The standard InChI is InChI=1S/C59H73FN8O8/c1-11-65-44-17-16-39-31-42(44)46-48(65)41-14-12-23-61-50(41)59(74,75-10)49(46)55(4,5)35-76-52(71)43-15-13-24-68(62-43)54(73)58(32-37-28-38(33-60)30-40(39)29-37)22-27-67(58)51(70)47(36(2)3)66-26-21-57(53(66)72)20-25-64(34-57)45(69)18-19-56(6,7)63(8)9/h12,14,16-17,23,28-31,36,43,47,49,62,74H,11,13,15,20-22,24-27,32-35H2,1-10H3/t43-,47-,49?,57-,58?,59-/m0/s1. The van der Waals surface area contributed by atoms with Crippen LogP contribution in [0.4, 0.5) is 4.39 Å². The zero-order valence-electron chi connectivity index (χ0n) is 45.7. The van der Waals surface area contributed by atoms with Gasteiger partial charge in [-0.25, -0.2) is 9.82 Å². The van der Waals surface area contributed by atoms with Crippen molar-refractivity contribution in [3.63, 3.8) is 0 Å². The van der Waals surface area contributed by atoms with Gasteiger partial charge in [0.05, 0.1) is 29.2 Å². The summed E-state index contributed by atoms with van der Waals surface area (Å²) in [6.45, 7) is 14.7. The van der Waals surface area contributed by atoms with Crippen LogP contribution in [0.25, 0.3) is 33.3 Å². The van der Waals surface area contributed by atoms with Gasteiger partial charge in [0.1, 0.15) is 30.0 Å². The number of amides is 4. The van der Waals surface area contributed by atoms with Crippen molar-refractivity contribution in [1.82, 2.24) is 39.6 Å². The third kappa shape index (κ3) is 8.49. The number of carbonyl (C=O) groups excluding carboxylic acids is 5. The zero-order chi connectivity index (χ0) is 54.4. The first-order chi connectivity index (χ1) is 36.0. The molecule has 0 radical (unpaired) electrons. The van der Waals surface area contributed by atoms with E-state index in [1.54, 1.807) is 27.0 Å². The fraction of sp³-hybridized carbons (Fsp3) is 0.559. The van der Waals surface area contributed by atoms with E-state index >= 15 is 14.0 Å². The minimum atomic E-state index is -1.95. The van der Waals surface area contributed by atoms with E-state index in [4.69, 9.17) is 14.5 Å². The van der Waals surface area contributed by atoms with Crippen LogP contribution in [0.15, 0.2) is 54.7 Å². The zero-order valence-corrected chi connectivity index (χ0v) is 45.7. The second kappa shape index (κ2) is 19.4. The Morgan fingerprint density at radius 2 is 1.78 bits per heavy atom. The molecule has 17 heteroatoms. The summed E-state index contributed by atoms with van der Waals surface area (Å²) >= 11 is 0. The molecule has 0 saturated carbocycles. The van der Waals surface area contributed by atoms with Crippen molar-refractivity contribution >= 4 is 40.5 Å². The quantitative estimate of drug-likeness (QED) is 0.124. The van der Waals surface area contributed by atoms with Crippen LogP contribution in [-0.2, 0) is 58.9 Å². The number of hydrogen-bond donors (Lipinski definition) is 2. The number of ether oxygens (including phenoxy) is 2. The number of halogens is 1. The van der Waals surface area contributed by atoms with Gasteiger partial charge in [-0.15, -0.1) is 0 Å². The van der Waals surface area contributed by atoms with Gasteiger partial charge in [-0.05, 0) is 137 Å². The Hall–Kier alpha value is -6.19. The molecule has 2 aromatic heterocycles. The highest BCUT2D eigenvalue weighted by atomic mass is 19.1. The number of pyridine rings is 1. The molecule has 4 aromatic rings. The van der Waals surface area contributed by atoms with Gasteiger partial charge in [-0.2, -0.15) is 0 Å². The third-order valence-corrected chi connectivity index (χ3v) is 17.9. The van der Waals surface area contributed by atoms with Gasteiger partial charge in [-0.3, -0.25) is 38.9 Å². The number of cyclic esters (lactones) is 1. The average molecular weight is 1040 g/mol. The summed E-state index contributed by atoms with van der Waals surface area (Å²) in [6.07, 6.45) is 3.69. The van der Waals surface area contributed by atoms with E-state index in [0.29, 0.717) is 73.3 Å². The number of alkyl halides is 1. The van der Waals surface area contributed by atoms with Crippen LogP contribution in [-0.4, -0.2) is 153 Å². The van der Waals surface area contributed by atoms with Gasteiger partial charge in [0.25, 0.3) is 11.8 Å². The van der Waals surface area contributed by atoms with Gasteiger partial charge < -0.3 is 33.8 Å². The highest BCUT2D eigenvalue weighted by Gasteiger charge is 2.61. The van der Waals surface area contributed by atoms with Crippen molar-refractivity contribution in [2.24, 2.45) is 16.7 Å². The lowest BCUT2D eigenvalue weighted by atomic mass is 9.65. The molecule has 6 bridgehead atoms. The molecule has 404 valence electrons. The summed E-state index contributed by atoms with van der Waals surface area (Å²) < 4.78 is 29.9. The van der Waals surface area contributed by atoms with Gasteiger partial charge >= 0.3 is 5.97 Å². The van der Waals surface area contributed by atoms with E-state index in [1.165, 1.54) is 12.1 Å². The van der Waals surface area contributed by atoms with E-state index in [9.17, 15) is 19.5 Å². The molecular weight excluding hydrogens is 968 g/mol. The monoisotopic (exact) mass is 1040 g/mol. The van der Waals surface area contributed by atoms with E-state index in [1.807, 2.05) is 96.9 Å². The lowest BCUT2D eigenvalue weighted by Crippen LogP contribution is -2.75.